The quantitative estimate of drug-likeness (QED) is 0.306. The lowest BCUT2D eigenvalue weighted by Crippen LogP contribution is -2.00. The summed E-state index contributed by atoms with van der Waals surface area (Å²) in [5.74, 6) is 0. The average molecular weight is 517 g/mol. The van der Waals surface area contributed by atoms with Crippen molar-refractivity contribution in [1.29, 1.82) is 0 Å². The molecular weight excluding hydrogens is 507 g/mol. The number of aromatic nitrogens is 2. The van der Waals surface area contributed by atoms with Crippen LogP contribution in [0.25, 0.3) is 21.8 Å². The third kappa shape index (κ3) is 3.88. The van der Waals surface area contributed by atoms with Crippen LogP contribution in [0.15, 0.2) is 67.3 Å². The van der Waals surface area contributed by atoms with Crippen molar-refractivity contribution in [2.75, 3.05) is 0 Å². The highest BCUT2D eigenvalue weighted by Gasteiger charge is 2.06. The molecule has 0 saturated heterocycles. The molecule has 4 aromatic rings. The second-order valence-electron chi connectivity index (χ2n) is 5.28. The van der Waals surface area contributed by atoms with E-state index in [1.807, 2.05) is 6.07 Å². The Labute approximate surface area is 174 Å². The van der Waals surface area contributed by atoms with E-state index in [2.05, 4.69) is 41.8 Å². The zero-order chi connectivity index (χ0) is 18.8. The third-order valence-electron chi connectivity index (χ3n) is 3.61. The van der Waals surface area contributed by atoms with E-state index in [1.54, 1.807) is 30.6 Å². The molecule has 0 bridgehead atoms. The molecule has 0 spiro atoms. The van der Waals surface area contributed by atoms with Gasteiger partial charge in [-0.2, -0.15) is 0 Å². The molecule has 2 aromatic heterocycles. The summed E-state index contributed by atoms with van der Waals surface area (Å²) < 4.78 is 1.47. The van der Waals surface area contributed by atoms with Crippen LogP contribution in [0.4, 0.5) is 0 Å². The number of aromatic amines is 2. The molecule has 26 heavy (non-hydrogen) atoms. The molecule has 2 heterocycles. The first-order chi connectivity index (χ1) is 12.4. The number of halogens is 4. The summed E-state index contributed by atoms with van der Waals surface area (Å²) in [6.07, 6.45) is 3.21. The zero-order valence-corrected chi connectivity index (χ0v) is 17.6. The fraction of sp³-hybridized carbons (Fsp3) is 0. The molecule has 0 aliphatic heterocycles. The van der Waals surface area contributed by atoms with Crippen LogP contribution in [-0.2, 0) is 0 Å². The number of nitrogens with one attached hydrogen (secondary N) is 2. The van der Waals surface area contributed by atoms with Crippen LogP contribution in [-0.4, -0.2) is 9.97 Å². The molecule has 0 radical (unpaired) electrons. The summed E-state index contributed by atoms with van der Waals surface area (Å²) in [5.41, 5.74) is 1.42. The van der Waals surface area contributed by atoms with E-state index in [0.29, 0.717) is 20.8 Å². The minimum Gasteiger partial charge on any atom is -0.361 e. The largest absolute Gasteiger partial charge is 0.361 e. The molecule has 0 amide bonds. The number of benzene rings is 2. The summed E-state index contributed by atoms with van der Waals surface area (Å²) in [5, 5.41) is 2.21. The summed E-state index contributed by atoms with van der Waals surface area (Å²) in [6.45, 7) is 0. The van der Waals surface area contributed by atoms with Crippen LogP contribution in [0.1, 0.15) is 0 Å². The molecule has 4 rings (SSSR count). The van der Waals surface area contributed by atoms with Crippen LogP contribution >= 0.6 is 55.1 Å². The molecule has 132 valence electrons. The van der Waals surface area contributed by atoms with Gasteiger partial charge < -0.3 is 9.97 Å². The lowest BCUT2D eigenvalue weighted by molar-refractivity contribution is 1.39. The molecule has 0 saturated carbocycles. The standard InChI is InChI=1S/2C9H5BrClNO/c10-6-3-5-8(4-7(6)11)12-2-1-9(5)13;10-5-1-2-6-8(9(5)11)7(13)3-4-12-6/h2*1-4H,(H,12,13). The van der Waals surface area contributed by atoms with Crippen molar-refractivity contribution in [3.8, 4) is 0 Å². The fourth-order valence-corrected chi connectivity index (χ4v) is 3.46. The summed E-state index contributed by atoms with van der Waals surface area (Å²) in [7, 11) is 0. The highest BCUT2D eigenvalue weighted by molar-refractivity contribution is 9.10. The normalized spacial score (nSPS) is 10.6. The minimum absolute atomic E-state index is 0.00823. The Bertz CT molecular complexity index is 1230. The SMILES string of the molecule is O=c1cc[nH]c2cc(Cl)c(Br)cc12.O=c1cc[nH]c2ccc(Br)c(Cl)c12. The summed E-state index contributed by atoms with van der Waals surface area (Å²) in [4.78, 5) is 28.7. The van der Waals surface area contributed by atoms with Crippen LogP contribution in [0.3, 0.4) is 0 Å². The maximum absolute atomic E-state index is 11.4. The lowest BCUT2D eigenvalue weighted by Gasteiger charge is -2.00. The molecule has 2 aromatic carbocycles. The highest BCUT2D eigenvalue weighted by atomic mass is 79.9. The molecule has 8 heteroatoms. The van der Waals surface area contributed by atoms with Gasteiger partial charge in [0.25, 0.3) is 0 Å². The predicted molar refractivity (Wildman–Crippen MR) is 115 cm³/mol. The van der Waals surface area contributed by atoms with Gasteiger partial charge in [0, 0.05) is 38.9 Å². The van der Waals surface area contributed by atoms with Gasteiger partial charge in [-0.15, -0.1) is 0 Å². The van der Waals surface area contributed by atoms with Crippen molar-refractivity contribution in [1.82, 2.24) is 9.97 Å². The van der Waals surface area contributed by atoms with Gasteiger partial charge in [-0.05, 0) is 56.1 Å². The van der Waals surface area contributed by atoms with Gasteiger partial charge in [0.2, 0.25) is 0 Å². The van der Waals surface area contributed by atoms with Crippen LogP contribution in [0, 0.1) is 0 Å². The number of hydrogen-bond acceptors (Lipinski definition) is 2. The number of rotatable bonds is 0. The molecule has 0 aliphatic rings. The van der Waals surface area contributed by atoms with Crippen molar-refractivity contribution in [2.24, 2.45) is 0 Å². The maximum Gasteiger partial charge on any atom is 0.190 e. The Morgan fingerprint density at radius 2 is 1.42 bits per heavy atom. The fourth-order valence-electron chi connectivity index (χ4n) is 2.37. The number of hydrogen-bond donors (Lipinski definition) is 2. The van der Waals surface area contributed by atoms with Crippen molar-refractivity contribution in [3.05, 3.63) is 88.2 Å². The monoisotopic (exact) mass is 514 g/mol. The van der Waals surface area contributed by atoms with Gasteiger partial charge in [0.15, 0.2) is 10.9 Å². The van der Waals surface area contributed by atoms with Gasteiger partial charge in [-0.1, -0.05) is 23.2 Å². The first-order valence-corrected chi connectivity index (χ1v) is 9.64. The van der Waals surface area contributed by atoms with Crippen LogP contribution < -0.4 is 10.9 Å². The van der Waals surface area contributed by atoms with Crippen molar-refractivity contribution >= 4 is 76.9 Å². The number of pyridine rings is 2. The van der Waals surface area contributed by atoms with Gasteiger partial charge >= 0.3 is 0 Å². The lowest BCUT2D eigenvalue weighted by atomic mass is 10.2. The van der Waals surface area contributed by atoms with E-state index >= 15 is 0 Å². The Balaban J connectivity index is 0.000000151. The predicted octanol–water partition coefficient (Wildman–Crippen LogP) is 5.89. The van der Waals surface area contributed by atoms with Crippen molar-refractivity contribution < 1.29 is 0 Å². The van der Waals surface area contributed by atoms with E-state index in [0.717, 1.165) is 20.0 Å². The Kier molecular flexibility index (Phi) is 5.87. The summed E-state index contributed by atoms with van der Waals surface area (Å²) >= 11 is 18.4. The first-order valence-electron chi connectivity index (χ1n) is 7.30. The second-order valence-corrected chi connectivity index (χ2v) is 7.77. The molecule has 0 atom stereocenters. The van der Waals surface area contributed by atoms with Crippen LogP contribution in [0.5, 0.6) is 0 Å². The maximum atomic E-state index is 11.4. The number of H-pyrrole nitrogens is 2. The third-order valence-corrected chi connectivity index (χ3v) is 6.09. The van der Waals surface area contributed by atoms with Crippen molar-refractivity contribution in [3.63, 3.8) is 0 Å². The van der Waals surface area contributed by atoms with E-state index in [1.165, 1.54) is 12.1 Å². The minimum atomic E-state index is -0.0694. The molecular formula is C18H10Br2Cl2N2O2. The van der Waals surface area contributed by atoms with Gasteiger partial charge in [-0.3, -0.25) is 9.59 Å². The Morgan fingerprint density at radius 1 is 0.769 bits per heavy atom. The van der Waals surface area contributed by atoms with Crippen LogP contribution in [0.2, 0.25) is 10.0 Å². The van der Waals surface area contributed by atoms with E-state index in [9.17, 15) is 9.59 Å². The van der Waals surface area contributed by atoms with Gasteiger partial charge in [-0.25, -0.2) is 0 Å². The zero-order valence-electron chi connectivity index (χ0n) is 12.9. The van der Waals surface area contributed by atoms with Gasteiger partial charge in [0.1, 0.15) is 0 Å². The average Bonchev–Trinajstić information content (AvgIpc) is 2.61. The Morgan fingerprint density at radius 3 is 2.15 bits per heavy atom. The molecule has 0 aliphatic carbocycles. The Hall–Kier alpha value is -1.60. The molecule has 0 fully saturated rings. The first kappa shape index (κ1) is 19.2. The highest BCUT2D eigenvalue weighted by Crippen LogP contribution is 2.27. The van der Waals surface area contributed by atoms with E-state index in [-0.39, 0.29) is 10.9 Å². The molecule has 4 nitrogen and oxygen atoms in total. The number of fused-ring (bicyclic) bond motifs is 2. The van der Waals surface area contributed by atoms with Crippen molar-refractivity contribution in [2.45, 2.75) is 0 Å². The van der Waals surface area contributed by atoms with E-state index in [4.69, 9.17) is 23.2 Å². The smallest absolute Gasteiger partial charge is 0.190 e. The second kappa shape index (κ2) is 7.96. The molecule has 2 N–H and O–H groups in total. The summed E-state index contributed by atoms with van der Waals surface area (Å²) in [6, 6.07) is 10.0. The van der Waals surface area contributed by atoms with E-state index < -0.39 is 0 Å². The molecule has 0 unspecified atom stereocenters. The van der Waals surface area contributed by atoms with Gasteiger partial charge in [0.05, 0.1) is 26.5 Å². The topological polar surface area (TPSA) is 65.7 Å².